The second-order valence-electron chi connectivity index (χ2n) is 6.00. The molecule has 1 unspecified atom stereocenters. The SMILES string of the molecule is O=S(=O)(NCC(c1ccc(F)cc1)N1CCOCC1)c1ccccc1F. The van der Waals surface area contributed by atoms with E-state index in [0.717, 1.165) is 11.6 Å². The van der Waals surface area contributed by atoms with Gasteiger partial charge in [-0.1, -0.05) is 24.3 Å². The van der Waals surface area contributed by atoms with Crippen LogP contribution in [0, 0.1) is 11.6 Å². The van der Waals surface area contributed by atoms with Crippen LogP contribution in [0.3, 0.4) is 0 Å². The van der Waals surface area contributed by atoms with Gasteiger partial charge in [0, 0.05) is 25.7 Å². The molecule has 0 aliphatic carbocycles. The molecule has 0 amide bonds. The maximum atomic E-state index is 13.8. The van der Waals surface area contributed by atoms with Gasteiger partial charge in [-0.2, -0.15) is 0 Å². The van der Waals surface area contributed by atoms with Gasteiger partial charge in [0.2, 0.25) is 10.0 Å². The van der Waals surface area contributed by atoms with E-state index in [9.17, 15) is 17.2 Å². The molecule has 0 aromatic heterocycles. The second kappa shape index (κ2) is 8.22. The lowest BCUT2D eigenvalue weighted by Gasteiger charge is -2.34. The first-order valence-corrected chi connectivity index (χ1v) is 9.77. The van der Waals surface area contributed by atoms with Gasteiger partial charge in [-0.15, -0.1) is 0 Å². The quantitative estimate of drug-likeness (QED) is 0.833. The summed E-state index contributed by atoms with van der Waals surface area (Å²) in [7, 11) is -4.00. The van der Waals surface area contributed by atoms with Crippen LogP contribution in [0.4, 0.5) is 8.78 Å². The highest BCUT2D eigenvalue weighted by Gasteiger charge is 2.26. The number of hydrogen-bond donors (Lipinski definition) is 1. The van der Waals surface area contributed by atoms with Crippen molar-refractivity contribution < 1.29 is 21.9 Å². The lowest BCUT2D eigenvalue weighted by atomic mass is 10.0. The van der Waals surface area contributed by atoms with Gasteiger partial charge in [0.1, 0.15) is 16.5 Å². The van der Waals surface area contributed by atoms with Crippen LogP contribution in [0.1, 0.15) is 11.6 Å². The molecule has 1 fully saturated rings. The van der Waals surface area contributed by atoms with Crippen molar-refractivity contribution in [3.63, 3.8) is 0 Å². The molecule has 0 radical (unpaired) electrons. The highest BCUT2D eigenvalue weighted by atomic mass is 32.2. The van der Waals surface area contributed by atoms with Crippen molar-refractivity contribution in [3.05, 3.63) is 65.7 Å². The first kappa shape index (κ1) is 18.9. The third-order valence-electron chi connectivity index (χ3n) is 4.33. The fraction of sp³-hybridized carbons (Fsp3) is 0.333. The van der Waals surface area contributed by atoms with Crippen molar-refractivity contribution in [2.75, 3.05) is 32.8 Å². The molecule has 5 nitrogen and oxygen atoms in total. The standard InChI is InChI=1S/C18H20F2N2O3S/c19-15-7-5-14(6-8-15)17(22-9-11-25-12-10-22)13-21-26(23,24)18-4-2-1-3-16(18)20/h1-8,17,21H,9-13H2. The summed E-state index contributed by atoms with van der Waals surface area (Å²) in [6.07, 6.45) is 0. The first-order valence-electron chi connectivity index (χ1n) is 8.29. The molecule has 1 atom stereocenters. The predicted octanol–water partition coefficient (Wildman–Crippen LogP) is 2.32. The number of morpholine rings is 1. The Hall–Kier alpha value is -1.87. The van der Waals surface area contributed by atoms with Gasteiger partial charge in [-0.3, -0.25) is 4.90 Å². The molecule has 0 saturated carbocycles. The van der Waals surface area contributed by atoms with Crippen molar-refractivity contribution in [2.45, 2.75) is 10.9 Å². The summed E-state index contributed by atoms with van der Waals surface area (Å²) in [5, 5.41) is 0. The van der Waals surface area contributed by atoms with E-state index in [-0.39, 0.29) is 23.3 Å². The fourth-order valence-corrected chi connectivity index (χ4v) is 4.08. The second-order valence-corrected chi connectivity index (χ2v) is 7.73. The minimum absolute atomic E-state index is 0.0439. The predicted molar refractivity (Wildman–Crippen MR) is 93.1 cm³/mol. The van der Waals surface area contributed by atoms with E-state index in [1.807, 2.05) is 0 Å². The van der Waals surface area contributed by atoms with Crippen molar-refractivity contribution in [3.8, 4) is 0 Å². The number of halogens is 2. The Morgan fingerprint density at radius 2 is 1.69 bits per heavy atom. The van der Waals surface area contributed by atoms with Crippen LogP contribution < -0.4 is 4.72 Å². The van der Waals surface area contributed by atoms with Crippen LogP contribution in [-0.2, 0) is 14.8 Å². The smallest absolute Gasteiger partial charge is 0.243 e. The molecule has 26 heavy (non-hydrogen) atoms. The molecule has 8 heteroatoms. The molecule has 2 aromatic carbocycles. The largest absolute Gasteiger partial charge is 0.379 e. The van der Waals surface area contributed by atoms with Crippen LogP contribution in [0.5, 0.6) is 0 Å². The summed E-state index contributed by atoms with van der Waals surface area (Å²) in [5.41, 5.74) is 0.782. The molecule has 1 aliphatic heterocycles. The Balaban J connectivity index is 1.81. The van der Waals surface area contributed by atoms with Crippen molar-refractivity contribution in [1.29, 1.82) is 0 Å². The summed E-state index contributed by atoms with van der Waals surface area (Å²) in [5.74, 6) is -1.16. The number of nitrogens with one attached hydrogen (secondary N) is 1. The van der Waals surface area contributed by atoms with Crippen molar-refractivity contribution >= 4 is 10.0 Å². The zero-order valence-corrected chi connectivity index (χ0v) is 14.9. The summed E-state index contributed by atoms with van der Waals surface area (Å²) in [4.78, 5) is 1.68. The topological polar surface area (TPSA) is 58.6 Å². The average Bonchev–Trinajstić information content (AvgIpc) is 2.64. The van der Waals surface area contributed by atoms with Gasteiger partial charge in [-0.05, 0) is 29.8 Å². The molecule has 0 bridgehead atoms. The number of benzene rings is 2. The third-order valence-corrected chi connectivity index (χ3v) is 5.79. The summed E-state index contributed by atoms with van der Waals surface area (Å²) >= 11 is 0. The maximum absolute atomic E-state index is 13.8. The minimum Gasteiger partial charge on any atom is -0.379 e. The minimum atomic E-state index is -4.00. The number of rotatable bonds is 6. The Morgan fingerprint density at radius 3 is 2.35 bits per heavy atom. The number of nitrogens with zero attached hydrogens (tertiary/aromatic N) is 1. The number of sulfonamides is 1. The Morgan fingerprint density at radius 1 is 1.04 bits per heavy atom. The van der Waals surface area contributed by atoms with Crippen molar-refractivity contribution in [1.82, 2.24) is 9.62 Å². The number of ether oxygens (including phenoxy) is 1. The number of hydrogen-bond acceptors (Lipinski definition) is 4. The Kier molecular flexibility index (Phi) is 5.98. The molecule has 2 aromatic rings. The van der Waals surface area contributed by atoms with E-state index < -0.39 is 15.8 Å². The first-order chi connectivity index (χ1) is 12.5. The highest BCUT2D eigenvalue weighted by molar-refractivity contribution is 7.89. The summed E-state index contributed by atoms with van der Waals surface area (Å²) in [6, 6.07) is 10.9. The van der Waals surface area contributed by atoms with Crippen LogP contribution in [0.15, 0.2) is 53.4 Å². The van der Waals surface area contributed by atoms with Gasteiger partial charge in [0.25, 0.3) is 0 Å². The molecular formula is C18H20F2N2O3S. The lowest BCUT2D eigenvalue weighted by molar-refractivity contribution is 0.0172. The molecular weight excluding hydrogens is 362 g/mol. The molecule has 1 heterocycles. The molecule has 1 N–H and O–H groups in total. The summed E-state index contributed by atoms with van der Waals surface area (Å²) < 4.78 is 59.9. The monoisotopic (exact) mass is 382 g/mol. The van der Waals surface area contributed by atoms with E-state index in [0.29, 0.717) is 26.3 Å². The molecule has 140 valence electrons. The van der Waals surface area contributed by atoms with Crippen LogP contribution >= 0.6 is 0 Å². The fourth-order valence-electron chi connectivity index (χ4n) is 2.96. The zero-order chi connectivity index (χ0) is 18.6. The van der Waals surface area contributed by atoms with E-state index in [1.165, 1.54) is 30.3 Å². The Bertz CT molecular complexity index is 838. The van der Waals surface area contributed by atoms with E-state index in [1.54, 1.807) is 12.1 Å². The average molecular weight is 382 g/mol. The lowest BCUT2D eigenvalue weighted by Crippen LogP contribution is -2.43. The van der Waals surface area contributed by atoms with E-state index in [4.69, 9.17) is 4.74 Å². The highest BCUT2D eigenvalue weighted by Crippen LogP contribution is 2.23. The van der Waals surface area contributed by atoms with Gasteiger partial charge >= 0.3 is 0 Å². The molecule has 3 rings (SSSR count). The Labute approximate surface area is 151 Å². The van der Waals surface area contributed by atoms with E-state index >= 15 is 0 Å². The van der Waals surface area contributed by atoms with Gasteiger partial charge < -0.3 is 4.74 Å². The zero-order valence-electron chi connectivity index (χ0n) is 14.1. The van der Waals surface area contributed by atoms with Crippen LogP contribution in [0.2, 0.25) is 0 Å². The molecule has 0 spiro atoms. The van der Waals surface area contributed by atoms with Crippen LogP contribution in [0.25, 0.3) is 0 Å². The normalized spacial score (nSPS) is 17.2. The molecule has 1 aliphatic rings. The van der Waals surface area contributed by atoms with Crippen molar-refractivity contribution in [2.24, 2.45) is 0 Å². The third kappa shape index (κ3) is 4.45. The van der Waals surface area contributed by atoms with Gasteiger partial charge in [0.15, 0.2) is 0 Å². The van der Waals surface area contributed by atoms with Crippen LogP contribution in [-0.4, -0.2) is 46.2 Å². The maximum Gasteiger partial charge on any atom is 0.243 e. The summed E-state index contributed by atoms with van der Waals surface area (Å²) in [6.45, 7) is 2.38. The molecule has 1 saturated heterocycles. The van der Waals surface area contributed by atoms with Gasteiger partial charge in [-0.25, -0.2) is 21.9 Å². The van der Waals surface area contributed by atoms with E-state index in [2.05, 4.69) is 9.62 Å². The van der Waals surface area contributed by atoms with Gasteiger partial charge in [0.05, 0.1) is 13.2 Å².